The third-order valence-corrected chi connectivity index (χ3v) is 8.93. The van der Waals surface area contributed by atoms with Gasteiger partial charge in [-0.05, 0) is 66.5 Å². The molecule has 2 aliphatic carbocycles. The third-order valence-electron chi connectivity index (χ3n) is 8.69. The van der Waals surface area contributed by atoms with Gasteiger partial charge in [-0.1, -0.05) is 77.6 Å². The molecule has 29 heavy (non-hydrogen) atoms. The number of aliphatic hydroxyl groups is 1. The van der Waals surface area contributed by atoms with Crippen LogP contribution in [0, 0.1) is 28.6 Å². The molecule has 0 radical (unpaired) electrons. The molecular weight excluding hydrogens is 378 g/mol. The van der Waals surface area contributed by atoms with Crippen LogP contribution >= 0.6 is 11.6 Å². The van der Waals surface area contributed by atoms with Crippen LogP contribution in [-0.2, 0) is 6.54 Å². The van der Waals surface area contributed by atoms with Crippen molar-refractivity contribution in [1.82, 2.24) is 5.32 Å². The van der Waals surface area contributed by atoms with Crippen molar-refractivity contribution in [3.8, 4) is 0 Å². The van der Waals surface area contributed by atoms with Gasteiger partial charge < -0.3 is 10.4 Å². The molecule has 0 aromatic heterocycles. The molecule has 0 saturated heterocycles. The van der Waals surface area contributed by atoms with E-state index in [1.54, 1.807) is 0 Å². The molecule has 3 rings (SSSR count). The summed E-state index contributed by atoms with van der Waals surface area (Å²) in [4.78, 5) is 0. The molecule has 0 spiro atoms. The van der Waals surface area contributed by atoms with Crippen LogP contribution in [0.4, 0.5) is 0 Å². The van der Waals surface area contributed by atoms with Gasteiger partial charge in [-0.15, -0.1) is 0 Å². The summed E-state index contributed by atoms with van der Waals surface area (Å²) in [6.45, 7) is 12.7. The lowest BCUT2D eigenvalue weighted by Crippen LogP contribution is -2.58. The molecule has 164 valence electrons. The molecule has 2 saturated carbocycles. The summed E-state index contributed by atoms with van der Waals surface area (Å²) in [5.74, 6) is 2.29. The van der Waals surface area contributed by atoms with Crippen LogP contribution in [0.25, 0.3) is 0 Å². The summed E-state index contributed by atoms with van der Waals surface area (Å²) in [6, 6.07) is 8.19. The number of nitrogens with one attached hydrogen (secondary N) is 1. The summed E-state index contributed by atoms with van der Waals surface area (Å²) in [7, 11) is 0. The van der Waals surface area contributed by atoms with E-state index < -0.39 is 0 Å². The number of aliphatic hydroxyl groups excluding tert-OH is 1. The zero-order valence-corrected chi connectivity index (χ0v) is 19.9. The van der Waals surface area contributed by atoms with Crippen molar-refractivity contribution in [3.63, 3.8) is 0 Å². The lowest BCUT2D eigenvalue weighted by molar-refractivity contribution is -0.113. The van der Waals surface area contributed by atoms with Gasteiger partial charge in [0.05, 0.1) is 6.10 Å². The average molecular weight is 420 g/mol. The quantitative estimate of drug-likeness (QED) is 0.483. The molecular formula is C26H42ClNO. The van der Waals surface area contributed by atoms with E-state index >= 15 is 0 Å². The highest BCUT2D eigenvalue weighted by Crippen LogP contribution is 2.65. The minimum Gasteiger partial charge on any atom is -0.391 e. The maximum absolute atomic E-state index is 11.5. The monoisotopic (exact) mass is 419 g/mol. The predicted molar refractivity (Wildman–Crippen MR) is 124 cm³/mol. The van der Waals surface area contributed by atoms with Crippen LogP contribution < -0.4 is 5.32 Å². The Morgan fingerprint density at radius 1 is 1.10 bits per heavy atom. The lowest BCUT2D eigenvalue weighted by atomic mass is 9.53. The van der Waals surface area contributed by atoms with E-state index in [2.05, 4.69) is 46.0 Å². The maximum atomic E-state index is 11.5. The van der Waals surface area contributed by atoms with Crippen molar-refractivity contribution >= 4 is 11.6 Å². The van der Waals surface area contributed by atoms with Crippen molar-refractivity contribution in [2.45, 2.75) is 98.3 Å². The van der Waals surface area contributed by atoms with Crippen molar-refractivity contribution in [3.05, 3.63) is 34.9 Å². The van der Waals surface area contributed by atoms with Crippen LogP contribution in [-0.4, -0.2) is 17.3 Å². The zero-order valence-electron chi connectivity index (χ0n) is 19.2. The molecule has 0 unspecified atom stereocenters. The number of rotatable bonds is 8. The number of fused-ring (bicyclic) bond motifs is 1. The third kappa shape index (κ3) is 4.70. The lowest BCUT2D eigenvalue weighted by Gasteiger charge is -2.55. The summed E-state index contributed by atoms with van der Waals surface area (Å²) >= 11 is 6.13. The van der Waals surface area contributed by atoms with Crippen LogP contribution in [0.3, 0.4) is 0 Å². The molecule has 0 aliphatic heterocycles. The van der Waals surface area contributed by atoms with Gasteiger partial charge in [-0.3, -0.25) is 0 Å². The first-order valence-corrected chi connectivity index (χ1v) is 12.2. The van der Waals surface area contributed by atoms with Gasteiger partial charge in [0.1, 0.15) is 0 Å². The first-order valence-electron chi connectivity index (χ1n) is 11.8. The standard InChI is InChI=1S/C26H42ClNO/c1-18(2)8-6-9-19(3)22-12-14-26(5)24(29)23(13-15-25(22,26)4)28-17-20-10-7-11-21(27)16-20/h7,10-11,16,18-19,22-24,28-29H,6,8-9,12-15,17H2,1-5H3/t19-,22-,23+,24-,25-,26+/m1/s1. The van der Waals surface area contributed by atoms with Crippen molar-refractivity contribution in [2.24, 2.45) is 28.6 Å². The highest BCUT2D eigenvalue weighted by Gasteiger charge is 2.61. The van der Waals surface area contributed by atoms with Crippen molar-refractivity contribution in [1.29, 1.82) is 0 Å². The van der Waals surface area contributed by atoms with Crippen LogP contribution in [0.2, 0.25) is 5.02 Å². The van der Waals surface area contributed by atoms with Gasteiger partial charge in [0.2, 0.25) is 0 Å². The molecule has 2 aliphatic rings. The second kappa shape index (κ2) is 9.28. The van der Waals surface area contributed by atoms with E-state index in [4.69, 9.17) is 11.6 Å². The molecule has 3 heteroatoms. The molecule has 0 amide bonds. The Morgan fingerprint density at radius 3 is 2.52 bits per heavy atom. The first-order chi connectivity index (χ1) is 13.7. The summed E-state index contributed by atoms with van der Waals surface area (Å²) in [5, 5.41) is 15.9. The summed E-state index contributed by atoms with van der Waals surface area (Å²) < 4.78 is 0. The molecule has 1 aromatic carbocycles. The van der Waals surface area contributed by atoms with E-state index in [-0.39, 0.29) is 23.0 Å². The van der Waals surface area contributed by atoms with Crippen LogP contribution in [0.1, 0.15) is 85.1 Å². The molecule has 6 atom stereocenters. The molecule has 2 fully saturated rings. The average Bonchev–Trinajstić information content (AvgIpc) is 2.94. The van der Waals surface area contributed by atoms with Gasteiger partial charge in [-0.2, -0.15) is 0 Å². The second-order valence-electron chi connectivity index (χ2n) is 10.9. The van der Waals surface area contributed by atoms with Crippen molar-refractivity contribution < 1.29 is 5.11 Å². The van der Waals surface area contributed by atoms with Gasteiger partial charge in [-0.25, -0.2) is 0 Å². The Morgan fingerprint density at radius 2 is 1.83 bits per heavy atom. The summed E-state index contributed by atoms with van der Waals surface area (Å²) in [5.41, 5.74) is 1.44. The van der Waals surface area contributed by atoms with E-state index in [0.29, 0.717) is 0 Å². The smallest absolute Gasteiger partial charge is 0.0752 e. The fourth-order valence-electron chi connectivity index (χ4n) is 6.57. The number of halogens is 1. The number of hydrogen-bond donors (Lipinski definition) is 2. The first kappa shape index (κ1) is 23.1. The minimum absolute atomic E-state index is 0.00816. The fraction of sp³-hybridized carbons (Fsp3) is 0.769. The number of hydrogen-bond acceptors (Lipinski definition) is 2. The number of benzene rings is 1. The summed E-state index contributed by atoms with van der Waals surface area (Å²) in [6.07, 6.45) is 8.43. The topological polar surface area (TPSA) is 32.3 Å². The highest BCUT2D eigenvalue weighted by molar-refractivity contribution is 6.30. The predicted octanol–water partition coefficient (Wildman–Crippen LogP) is 6.84. The molecule has 1 aromatic rings. The molecule has 0 bridgehead atoms. The van der Waals surface area contributed by atoms with E-state index in [1.165, 1.54) is 37.7 Å². The largest absolute Gasteiger partial charge is 0.391 e. The van der Waals surface area contributed by atoms with Gasteiger partial charge in [0.15, 0.2) is 0 Å². The SMILES string of the molecule is CC(C)CCC[C@@H](C)[C@H]1CC[C@@]2(C)[C@H](O)[C@@H](NCc3cccc(Cl)c3)CC[C@]12C. The Labute approximate surface area is 183 Å². The Kier molecular flexibility index (Phi) is 7.40. The molecule has 0 heterocycles. The van der Waals surface area contributed by atoms with Crippen LogP contribution in [0.5, 0.6) is 0 Å². The van der Waals surface area contributed by atoms with E-state index in [0.717, 1.165) is 42.2 Å². The fourth-order valence-corrected chi connectivity index (χ4v) is 6.78. The van der Waals surface area contributed by atoms with E-state index in [1.807, 2.05) is 18.2 Å². The van der Waals surface area contributed by atoms with Gasteiger partial charge >= 0.3 is 0 Å². The Balaban J connectivity index is 1.64. The molecule has 2 N–H and O–H groups in total. The van der Waals surface area contributed by atoms with Crippen molar-refractivity contribution in [2.75, 3.05) is 0 Å². The maximum Gasteiger partial charge on any atom is 0.0752 e. The Hall–Kier alpha value is -0.570. The van der Waals surface area contributed by atoms with Crippen LogP contribution in [0.15, 0.2) is 24.3 Å². The van der Waals surface area contributed by atoms with Gasteiger partial charge in [0.25, 0.3) is 0 Å². The molecule has 2 nitrogen and oxygen atoms in total. The normalized spacial score (nSPS) is 35.7. The Bertz CT molecular complexity index is 676. The van der Waals surface area contributed by atoms with E-state index in [9.17, 15) is 5.11 Å². The zero-order chi connectivity index (χ0) is 21.2. The minimum atomic E-state index is -0.284. The highest BCUT2D eigenvalue weighted by atomic mass is 35.5. The van der Waals surface area contributed by atoms with Gasteiger partial charge in [0, 0.05) is 23.0 Å². The second-order valence-corrected chi connectivity index (χ2v) is 11.3.